The Morgan fingerprint density at radius 2 is 2.24 bits per heavy atom. The molecular formula is C13H16INO2. The fraction of sp³-hybridized carbons (Fsp3) is 0.462. The van der Waals surface area contributed by atoms with Crippen LogP contribution in [0.15, 0.2) is 24.3 Å². The van der Waals surface area contributed by atoms with E-state index in [1.165, 1.54) is 3.57 Å². The molecule has 1 aliphatic rings. The second kappa shape index (κ2) is 5.71. The molecular weight excluding hydrogens is 329 g/mol. The van der Waals surface area contributed by atoms with E-state index in [-0.39, 0.29) is 5.92 Å². The molecule has 0 amide bonds. The van der Waals surface area contributed by atoms with Crippen molar-refractivity contribution >= 4 is 34.2 Å². The van der Waals surface area contributed by atoms with Crippen LogP contribution in [0.4, 0.5) is 5.69 Å². The summed E-state index contributed by atoms with van der Waals surface area (Å²) in [4.78, 5) is 11.0. The number of aliphatic carboxylic acids is 1. The normalized spacial score (nSPS) is 24.3. The van der Waals surface area contributed by atoms with Gasteiger partial charge >= 0.3 is 5.97 Å². The summed E-state index contributed by atoms with van der Waals surface area (Å²) in [6.45, 7) is 0. The maximum absolute atomic E-state index is 11.0. The Morgan fingerprint density at radius 3 is 2.94 bits per heavy atom. The second-order valence-electron chi connectivity index (χ2n) is 4.55. The van der Waals surface area contributed by atoms with Crippen LogP contribution in [0.3, 0.4) is 0 Å². The third-order valence-corrected chi connectivity index (χ3v) is 3.89. The van der Waals surface area contributed by atoms with Crippen molar-refractivity contribution in [2.24, 2.45) is 5.92 Å². The van der Waals surface area contributed by atoms with Crippen LogP contribution in [0.2, 0.25) is 0 Å². The van der Waals surface area contributed by atoms with Crippen LogP contribution < -0.4 is 5.32 Å². The molecule has 0 spiro atoms. The number of carboxylic acids is 1. The van der Waals surface area contributed by atoms with Gasteiger partial charge in [-0.1, -0.05) is 12.5 Å². The number of carboxylic acid groups (broad SMARTS) is 1. The molecule has 2 atom stereocenters. The first-order chi connectivity index (χ1) is 8.15. The van der Waals surface area contributed by atoms with Crippen molar-refractivity contribution in [1.29, 1.82) is 0 Å². The molecule has 17 heavy (non-hydrogen) atoms. The molecule has 0 bridgehead atoms. The number of halogens is 1. The molecule has 1 fully saturated rings. The lowest BCUT2D eigenvalue weighted by Crippen LogP contribution is -2.30. The van der Waals surface area contributed by atoms with Crippen LogP contribution in [0.1, 0.15) is 25.7 Å². The van der Waals surface area contributed by atoms with Crippen molar-refractivity contribution in [3.05, 3.63) is 27.8 Å². The van der Waals surface area contributed by atoms with E-state index in [2.05, 4.69) is 34.0 Å². The molecule has 92 valence electrons. The monoisotopic (exact) mass is 345 g/mol. The number of anilines is 1. The topological polar surface area (TPSA) is 49.3 Å². The van der Waals surface area contributed by atoms with Crippen molar-refractivity contribution in [3.63, 3.8) is 0 Å². The molecule has 2 N–H and O–H groups in total. The Kier molecular flexibility index (Phi) is 4.25. The number of hydrogen-bond donors (Lipinski definition) is 2. The lowest BCUT2D eigenvalue weighted by molar-refractivity contribution is -0.142. The van der Waals surface area contributed by atoms with Crippen LogP contribution in [0.5, 0.6) is 0 Å². The molecule has 1 aromatic rings. The predicted octanol–water partition coefficient (Wildman–Crippen LogP) is 3.35. The molecule has 0 heterocycles. The highest BCUT2D eigenvalue weighted by Crippen LogP contribution is 2.27. The van der Waals surface area contributed by atoms with Gasteiger partial charge in [-0.3, -0.25) is 4.79 Å². The maximum Gasteiger partial charge on any atom is 0.306 e. The van der Waals surface area contributed by atoms with E-state index in [4.69, 9.17) is 5.11 Å². The molecule has 1 aromatic carbocycles. The number of rotatable bonds is 3. The van der Waals surface area contributed by atoms with Crippen LogP contribution in [-0.2, 0) is 4.79 Å². The zero-order valence-electron chi connectivity index (χ0n) is 9.53. The van der Waals surface area contributed by atoms with Gasteiger partial charge in [0.15, 0.2) is 0 Å². The SMILES string of the molecule is O=C(O)C1CCCC(Nc2cccc(I)c2)C1. The molecule has 0 saturated heterocycles. The van der Waals surface area contributed by atoms with E-state index in [1.807, 2.05) is 18.2 Å². The first-order valence-electron chi connectivity index (χ1n) is 5.90. The van der Waals surface area contributed by atoms with Crippen molar-refractivity contribution in [1.82, 2.24) is 0 Å². The van der Waals surface area contributed by atoms with Crippen molar-refractivity contribution < 1.29 is 9.90 Å². The third-order valence-electron chi connectivity index (χ3n) is 3.22. The van der Waals surface area contributed by atoms with Gasteiger partial charge < -0.3 is 10.4 Å². The molecule has 2 unspecified atom stereocenters. The average molecular weight is 345 g/mol. The lowest BCUT2D eigenvalue weighted by atomic mass is 9.85. The minimum atomic E-state index is -0.654. The molecule has 3 nitrogen and oxygen atoms in total. The summed E-state index contributed by atoms with van der Waals surface area (Å²) < 4.78 is 1.19. The minimum absolute atomic E-state index is 0.177. The lowest BCUT2D eigenvalue weighted by Gasteiger charge is -2.28. The predicted molar refractivity (Wildman–Crippen MR) is 76.2 cm³/mol. The summed E-state index contributed by atoms with van der Waals surface area (Å²) in [6.07, 6.45) is 3.62. The van der Waals surface area contributed by atoms with Crippen LogP contribution >= 0.6 is 22.6 Å². The minimum Gasteiger partial charge on any atom is -0.481 e. The van der Waals surface area contributed by atoms with Gasteiger partial charge in [0.2, 0.25) is 0 Å². The van der Waals surface area contributed by atoms with E-state index in [0.29, 0.717) is 6.04 Å². The Morgan fingerprint density at radius 1 is 1.41 bits per heavy atom. The molecule has 1 saturated carbocycles. The zero-order chi connectivity index (χ0) is 12.3. The van der Waals surface area contributed by atoms with Gasteiger partial charge in [-0.15, -0.1) is 0 Å². The number of carbonyl (C=O) groups is 1. The van der Waals surface area contributed by atoms with E-state index < -0.39 is 5.97 Å². The van der Waals surface area contributed by atoms with E-state index in [1.54, 1.807) is 0 Å². The number of nitrogens with one attached hydrogen (secondary N) is 1. The largest absolute Gasteiger partial charge is 0.481 e. The van der Waals surface area contributed by atoms with Crippen molar-refractivity contribution in [2.45, 2.75) is 31.7 Å². The summed E-state index contributed by atoms with van der Waals surface area (Å²) in [5, 5.41) is 12.5. The standard InChI is InChI=1S/C13H16INO2/c14-10-4-2-6-12(8-10)15-11-5-1-3-9(7-11)13(16)17/h2,4,6,8-9,11,15H,1,3,5,7H2,(H,16,17). The summed E-state index contributed by atoms with van der Waals surface area (Å²) in [7, 11) is 0. The second-order valence-corrected chi connectivity index (χ2v) is 5.80. The molecule has 1 aliphatic carbocycles. The third kappa shape index (κ3) is 3.59. The van der Waals surface area contributed by atoms with E-state index >= 15 is 0 Å². The Labute approximate surface area is 115 Å². The van der Waals surface area contributed by atoms with Gasteiger partial charge in [-0.05, 0) is 60.1 Å². The van der Waals surface area contributed by atoms with Crippen molar-refractivity contribution in [2.75, 3.05) is 5.32 Å². The van der Waals surface area contributed by atoms with Gasteiger partial charge in [0.05, 0.1) is 5.92 Å². The summed E-state index contributed by atoms with van der Waals surface area (Å²) in [5.74, 6) is -0.830. The highest BCUT2D eigenvalue weighted by atomic mass is 127. The zero-order valence-corrected chi connectivity index (χ0v) is 11.7. The molecule has 4 heteroatoms. The summed E-state index contributed by atoms with van der Waals surface area (Å²) in [5.41, 5.74) is 1.09. The van der Waals surface area contributed by atoms with Crippen molar-refractivity contribution in [3.8, 4) is 0 Å². The summed E-state index contributed by atoms with van der Waals surface area (Å²) >= 11 is 2.28. The van der Waals surface area contributed by atoms with Gasteiger partial charge in [0, 0.05) is 15.3 Å². The first-order valence-corrected chi connectivity index (χ1v) is 6.98. The van der Waals surface area contributed by atoms with Gasteiger partial charge in [-0.25, -0.2) is 0 Å². The van der Waals surface area contributed by atoms with Gasteiger partial charge in [-0.2, -0.15) is 0 Å². The maximum atomic E-state index is 11.0. The summed E-state index contributed by atoms with van der Waals surface area (Å²) in [6, 6.07) is 8.48. The van der Waals surface area contributed by atoms with Crippen LogP contribution in [0.25, 0.3) is 0 Å². The fourth-order valence-corrected chi connectivity index (χ4v) is 2.90. The highest BCUT2D eigenvalue weighted by molar-refractivity contribution is 14.1. The highest BCUT2D eigenvalue weighted by Gasteiger charge is 2.26. The molecule has 0 radical (unpaired) electrons. The molecule has 0 aliphatic heterocycles. The quantitative estimate of drug-likeness (QED) is 0.826. The number of benzene rings is 1. The van der Waals surface area contributed by atoms with E-state index in [9.17, 15) is 4.79 Å². The van der Waals surface area contributed by atoms with Crippen LogP contribution in [0, 0.1) is 9.49 Å². The molecule has 0 aromatic heterocycles. The first kappa shape index (κ1) is 12.7. The number of hydrogen-bond acceptors (Lipinski definition) is 2. The van der Waals surface area contributed by atoms with Gasteiger partial charge in [0.25, 0.3) is 0 Å². The average Bonchev–Trinajstić information content (AvgIpc) is 2.29. The Hall–Kier alpha value is -0.780. The Bertz CT molecular complexity index is 408. The van der Waals surface area contributed by atoms with Gasteiger partial charge in [0.1, 0.15) is 0 Å². The fourth-order valence-electron chi connectivity index (χ4n) is 2.36. The molecule has 2 rings (SSSR count). The van der Waals surface area contributed by atoms with Crippen LogP contribution in [-0.4, -0.2) is 17.1 Å². The smallest absolute Gasteiger partial charge is 0.306 e. The van der Waals surface area contributed by atoms with E-state index in [0.717, 1.165) is 31.4 Å². The Balaban J connectivity index is 1.97.